The van der Waals surface area contributed by atoms with Crippen LogP contribution in [0.25, 0.3) is 0 Å². The third-order valence-electron chi connectivity index (χ3n) is 5.73. The van der Waals surface area contributed by atoms with Crippen LogP contribution < -0.4 is 9.47 Å². The van der Waals surface area contributed by atoms with Gasteiger partial charge in [-0.25, -0.2) is 0 Å². The topological polar surface area (TPSA) is 74.1 Å². The number of nitrogens with zero attached hydrogens (tertiary/aromatic N) is 2. The molecule has 0 aromatic heterocycles. The molecule has 1 aromatic carbocycles. The van der Waals surface area contributed by atoms with Gasteiger partial charge in [0.2, 0.25) is 0 Å². The first-order valence-corrected chi connectivity index (χ1v) is 8.60. The molecule has 1 fully saturated rings. The maximum atomic E-state index is 10.9. The van der Waals surface area contributed by atoms with Gasteiger partial charge in [0.25, 0.3) is 5.09 Å². The lowest BCUT2D eigenvalue weighted by molar-refractivity contribution is -0.767. The summed E-state index contributed by atoms with van der Waals surface area (Å²) in [6.45, 7) is 0.942. The predicted octanol–water partition coefficient (Wildman–Crippen LogP) is 2.08. The van der Waals surface area contributed by atoms with Crippen molar-refractivity contribution in [3.8, 4) is 11.5 Å². The predicted molar refractivity (Wildman–Crippen MR) is 90.1 cm³/mol. The van der Waals surface area contributed by atoms with E-state index in [1.165, 1.54) is 5.56 Å². The monoisotopic (exact) mass is 346 g/mol. The number of hydrogen-bond donors (Lipinski definition) is 0. The summed E-state index contributed by atoms with van der Waals surface area (Å²) in [5.41, 5.74) is 1.18. The van der Waals surface area contributed by atoms with Gasteiger partial charge in [-0.2, -0.15) is 0 Å². The molecular formula is C18H22N2O5. The first-order valence-electron chi connectivity index (χ1n) is 8.60. The quantitative estimate of drug-likeness (QED) is 0.474. The van der Waals surface area contributed by atoms with Crippen molar-refractivity contribution in [2.24, 2.45) is 11.8 Å². The molecule has 0 amide bonds. The fourth-order valence-electron chi connectivity index (χ4n) is 4.50. The van der Waals surface area contributed by atoms with Gasteiger partial charge in [0, 0.05) is 12.0 Å². The molecule has 2 heterocycles. The summed E-state index contributed by atoms with van der Waals surface area (Å²) >= 11 is 0. The molecule has 5 atom stereocenters. The Balaban J connectivity index is 1.80. The van der Waals surface area contributed by atoms with E-state index in [-0.39, 0.29) is 11.8 Å². The Kier molecular flexibility index (Phi) is 4.03. The van der Waals surface area contributed by atoms with E-state index in [9.17, 15) is 10.1 Å². The second-order valence-electron chi connectivity index (χ2n) is 7.03. The number of ether oxygens (including phenoxy) is 2. The Morgan fingerprint density at radius 1 is 1.36 bits per heavy atom. The number of benzene rings is 1. The van der Waals surface area contributed by atoms with E-state index in [0.717, 1.165) is 19.4 Å². The third-order valence-corrected chi connectivity index (χ3v) is 5.73. The van der Waals surface area contributed by atoms with Crippen LogP contribution in [0.2, 0.25) is 0 Å². The van der Waals surface area contributed by atoms with Crippen molar-refractivity contribution in [3.05, 3.63) is 46.0 Å². The summed E-state index contributed by atoms with van der Waals surface area (Å²) < 4.78 is 11.7. The van der Waals surface area contributed by atoms with Crippen LogP contribution in [0.4, 0.5) is 0 Å². The lowest BCUT2D eigenvalue weighted by Gasteiger charge is -2.47. The highest BCUT2D eigenvalue weighted by Gasteiger charge is 2.47. The highest BCUT2D eigenvalue weighted by Crippen LogP contribution is 2.43. The molecule has 1 saturated heterocycles. The Hall–Kier alpha value is -2.28. The van der Waals surface area contributed by atoms with Gasteiger partial charge in [0.15, 0.2) is 17.6 Å². The fraction of sp³-hybridized carbons (Fsp3) is 0.556. The Morgan fingerprint density at radius 3 is 2.96 bits per heavy atom. The van der Waals surface area contributed by atoms with Crippen molar-refractivity contribution in [1.29, 1.82) is 0 Å². The van der Waals surface area contributed by atoms with E-state index in [1.807, 2.05) is 12.1 Å². The molecule has 0 N–H and O–H groups in total. The van der Waals surface area contributed by atoms with E-state index in [2.05, 4.69) is 24.1 Å². The van der Waals surface area contributed by atoms with Crippen molar-refractivity contribution in [2.45, 2.75) is 31.1 Å². The SMILES string of the molecule is COc1ccc2cc1O[C@@H]1[C@H]3CCN(C)[C@H](C2)[C@@H]3C=C[C@@H]1O[N+](=O)[O-]. The summed E-state index contributed by atoms with van der Waals surface area (Å²) in [6.07, 6.45) is 4.61. The Bertz CT molecular complexity index is 707. The molecule has 3 aliphatic rings. The zero-order valence-corrected chi connectivity index (χ0v) is 14.3. The lowest BCUT2D eigenvalue weighted by Crippen LogP contribution is -2.55. The van der Waals surface area contributed by atoms with E-state index in [0.29, 0.717) is 17.5 Å². The molecule has 0 saturated carbocycles. The van der Waals surface area contributed by atoms with E-state index in [4.69, 9.17) is 14.3 Å². The Morgan fingerprint density at radius 2 is 2.20 bits per heavy atom. The average Bonchev–Trinajstić information content (AvgIpc) is 2.60. The summed E-state index contributed by atoms with van der Waals surface area (Å²) in [4.78, 5) is 18.3. The average molecular weight is 346 g/mol. The van der Waals surface area contributed by atoms with Gasteiger partial charge < -0.3 is 19.2 Å². The molecule has 1 aromatic rings. The molecular weight excluding hydrogens is 324 g/mol. The van der Waals surface area contributed by atoms with Gasteiger partial charge >= 0.3 is 0 Å². The molecule has 134 valence electrons. The van der Waals surface area contributed by atoms with Gasteiger partial charge in [-0.3, -0.25) is 0 Å². The number of likely N-dealkylation sites (tertiary alicyclic amines) is 1. The molecule has 0 unspecified atom stereocenters. The molecule has 7 nitrogen and oxygen atoms in total. The van der Waals surface area contributed by atoms with Crippen LogP contribution >= 0.6 is 0 Å². The number of fused-ring (bicyclic) bond motifs is 2. The van der Waals surface area contributed by atoms with Crippen LogP contribution in [-0.2, 0) is 11.3 Å². The third kappa shape index (κ3) is 2.82. The molecule has 7 heteroatoms. The number of methoxy groups -OCH3 is 1. The zero-order valence-electron chi connectivity index (χ0n) is 14.3. The standard InChI is InChI=1S/C18H22N2O5/c1-19-8-7-13-12-4-6-16(25-20(21)22)18(13)24-17-10-11(9-14(12)19)3-5-15(17)23-2/h3-6,10,12-14,16,18H,7-9H2,1-2H3/t12-,13+,14-,16+,18-/m1/s1. The number of hydrogen-bond acceptors (Lipinski definition) is 6. The molecule has 0 spiro atoms. The summed E-state index contributed by atoms with van der Waals surface area (Å²) in [5, 5.41) is 10.2. The molecule has 4 rings (SSSR count). The first kappa shape index (κ1) is 16.2. The van der Waals surface area contributed by atoms with E-state index < -0.39 is 17.3 Å². The maximum Gasteiger partial charge on any atom is 0.295 e. The van der Waals surface area contributed by atoms with Crippen molar-refractivity contribution in [3.63, 3.8) is 0 Å². The highest BCUT2D eigenvalue weighted by molar-refractivity contribution is 5.44. The van der Waals surface area contributed by atoms with Crippen LogP contribution in [0.3, 0.4) is 0 Å². The summed E-state index contributed by atoms with van der Waals surface area (Å²) in [5.74, 6) is 1.73. The second kappa shape index (κ2) is 6.22. The Labute approximate surface area is 146 Å². The van der Waals surface area contributed by atoms with E-state index in [1.54, 1.807) is 13.2 Å². The van der Waals surface area contributed by atoms with Gasteiger partial charge in [0.1, 0.15) is 6.10 Å². The minimum absolute atomic E-state index is 0.176. The molecule has 25 heavy (non-hydrogen) atoms. The van der Waals surface area contributed by atoms with Crippen molar-refractivity contribution in [2.75, 3.05) is 20.7 Å². The lowest BCUT2D eigenvalue weighted by atomic mass is 9.71. The van der Waals surface area contributed by atoms with Gasteiger partial charge in [-0.1, -0.05) is 18.2 Å². The van der Waals surface area contributed by atoms with Crippen LogP contribution in [0.1, 0.15) is 12.0 Å². The fourth-order valence-corrected chi connectivity index (χ4v) is 4.50. The van der Waals surface area contributed by atoms with Gasteiger partial charge in [-0.15, -0.1) is 10.1 Å². The summed E-state index contributed by atoms with van der Waals surface area (Å²) in [6, 6.07) is 6.30. The van der Waals surface area contributed by atoms with Crippen LogP contribution in [0.5, 0.6) is 11.5 Å². The van der Waals surface area contributed by atoms with Crippen LogP contribution in [0.15, 0.2) is 30.4 Å². The zero-order chi connectivity index (χ0) is 17.6. The maximum absolute atomic E-state index is 10.9. The minimum Gasteiger partial charge on any atom is -0.493 e. The highest BCUT2D eigenvalue weighted by atomic mass is 17.0. The number of likely N-dealkylation sites (N-methyl/N-ethyl adjacent to an activating group) is 1. The van der Waals surface area contributed by atoms with Crippen molar-refractivity contribution in [1.82, 2.24) is 4.90 Å². The van der Waals surface area contributed by atoms with Crippen molar-refractivity contribution < 1.29 is 19.4 Å². The normalized spacial score (nSPS) is 33.4. The molecule has 0 radical (unpaired) electrons. The van der Waals surface area contributed by atoms with Crippen LogP contribution in [-0.4, -0.2) is 48.9 Å². The first-order chi connectivity index (χ1) is 12.1. The molecule has 1 aliphatic carbocycles. The smallest absolute Gasteiger partial charge is 0.295 e. The van der Waals surface area contributed by atoms with Crippen molar-refractivity contribution >= 4 is 0 Å². The molecule has 2 aliphatic heterocycles. The van der Waals surface area contributed by atoms with Crippen LogP contribution in [0, 0.1) is 22.0 Å². The van der Waals surface area contributed by atoms with Gasteiger partial charge in [0.05, 0.1) is 7.11 Å². The summed E-state index contributed by atoms with van der Waals surface area (Å²) in [7, 11) is 3.74. The largest absolute Gasteiger partial charge is 0.493 e. The second-order valence-corrected chi connectivity index (χ2v) is 7.03. The minimum atomic E-state index is -0.731. The van der Waals surface area contributed by atoms with Gasteiger partial charge in [-0.05, 0) is 50.0 Å². The molecule has 6 bridgehead atoms. The number of rotatable bonds is 3. The number of piperidine rings is 1. The van der Waals surface area contributed by atoms with E-state index >= 15 is 0 Å².